The number of anilines is 1. The van der Waals surface area contributed by atoms with Crippen molar-refractivity contribution in [1.29, 1.82) is 0 Å². The zero-order valence-electron chi connectivity index (χ0n) is 11.5. The summed E-state index contributed by atoms with van der Waals surface area (Å²) >= 11 is 3.35. The molecule has 0 aromatic carbocycles. The number of hydrogen-bond donors (Lipinski definition) is 0. The molecule has 1 aromatic heterocycles. The van der Waals surface area contributed by atoms with Crippen molar-refractivity contribution in [3.63, 3.8) is 0 Å². The van der Waals surface area contributed by atoms with Crippen LogP contribution in [0.15, 0.2) is 22.8 Å². The van der Waals surface area contributed by atoms with Crippen LogP contribution < -0.4 is 4.90 Å². The van der Waals surface area contributed by atoms with Crippen LogP contribution in [0.5, 0.6) is 0 Å². The van der Waals surface area contributed by atoms with E-state index in [4.69, 9.17) is 0 Å². The van der Waals surface area contributed by atoms with Crippen LogP contribution in [0.25, 0.3) is 0 Å². The number of pyridine rings is 1. The molecular formula is C14H20BrN3O. The van der Waals surface area contributed by atoms with Gasteiger partial charge in [-0.25, -0.2) is 4.98 Å². The lowest BCUT2D eigenvalue weighted by atomic mass is 9.94. The first-order chi connectivity index (χ1) is 9.06. The lowest BCUT2D eigenvalue weighted by molar-refractivity contribution is -0.119. The fourth-order valence-corrected chi connectivity index (χ4v) is 2.75. The molecule has 0 saturated carbocycles. The first-order valence-corrected chi connectivity index (χ1v) is 7.42. The quantitative estimate of drug-likeness (QED) is 0.856. The van der Waals surface area contributed by atoms with Crippen molar-refractivity contribution in [1.82, 2.24) is 9.88 Å². The van der Waals surface area contributed by atoms with Gasteiger partial charge >= 0.3 is 0 Å². The van der Waals surface area contributed by atoms with E-state index in [0.717, 1.165) is 24.0 Å². The highest BCUT2D eigenvalue weighted by Gasteiger charge is 2.22. The van der Waals surface area contributed by atoms with Gasteiger partial charge in [0.25, 0.3) is 0 Å². The topological polar surface area (TPSA) is 36.4 Å². The van der Waals surface area contributed by atoms with E-state index in [-0.39, 0.29) is 5.91 Å². The molecule has 2 heterocycles. The number of halogens is 1. The van der Waals surface area contributed by atoms with E-state index in [0.29, 0.717) is 18.2 Å². The highest BCUT2D eigenvalue weighted by molar-refractivity contribution is 9.10. The van der Waals surface area contributed by atoms with Gasteiger partial charge in [-0.3, -0.25) is 9.69 Å². The maximum absolute atomic E-state index is 12.3. The molecule has 1 saturated heterocycles. The lowest BCUT2D eigenvalue weighted by Gasteiger charge is -2.30. The van der Waals surface area contributed by atoms with Crippen LogP contribution >= 0.6 is 15.9 Å². The maximum Gasteiger partial charge on any atom is 0.228 e. The van der Waals surface area contributed by atoms with Crippen molar-refractivity contribution in [2.24, 2.45) is 5.92 Å². The molecule has 1 unspecified atom stereocenters. The van der Waals surface area contributed by atoms with Crippen molar-refractivity contribution in [3.8, 4) is 0 Å². The maximum atomic E-state index is 12.3. The molecule has 2 rings (SSSR count). The molecular weight excluding hydrogens is 306 g/mol. The number of rotatable bonds is 3. The third kappa shape index (κ3) is 4.01. The van der Waals surface area contributed by atoms with Crippen LogP contribution in [0.4, 0.5) is 5.82 Å². The normalized spacial score (nSPS) is 20.3. The van der Waals surface area contributed by atoms with Gasteiger partial charge in [-0.1, -0.05) is 0 Å². The second-order valence-electron chi connectivity index (χ2n) is 5.26. The van der Waals surface area contributed by atoms with E-state index in [1.54, 1.807) is 18.1 Å². The van der Waals surface area contributed by atoms with Crippen LogP contribution in [0.1, 0.15) is 19.3 Å². The van der Waals surface area contributed by atoms with Gasteiger partial charge in [0, 0.05) is 30.7 Å². The van der Waals surface area contributed by atoms with E-state index < -0.39 is 0 Å². The fraction of sp³-hybridized carbons (Fsp3) is 0.571. The van der Waals surface area contributed by atoms with Gasteiger partial charge in [0.05, 0.1) is 0 Å². The SMILES string of the molecule is CN1CCCC(CC(=O)N(C)c2ccc(Br)cn2)C1. The molecule has 104 valence electrons. The fourth-order valence-electron chi connectivity index (χ4n) is 2.52. The minimum Gasteiger partial charge on any atom is -0.306 e. The first-order valence-electron chi connectivity index (χ1n) is 6.63. The standard InChI is InChI=1S/C14H20BrN3O/c1-17-7-3-4-11(10-17)8-14(19)18(2)13-6-5-12(15)9-16-13/h5-6,9,11H,3-4,7-8,10H2,1-2H3. The molecule has 1 aliphatic heterocycles. The Hall–Kier alpha value is -0.940. The van der Waals surface area contributed by atoms with Crippen molar-refractivity contribution < 1.29 is 4.79 Å². The molecule has 0 radical (unpaired) electrons. The largest absolute Gasteiger partial charge is 0.306 e. The van der Waals surface area contributed by atoms with Crippen LogP contribution in [-0.2, 0) is 4.79 Å². The van der Waals surface area contributed by atoms with Gasteiger partial charge in [0.1, 0.15) is 5.82 Å². The molecule has 0 aliphatic carbocycles. The summed E-state index contributed by atoms with van der Waals surface area (Å²) in [5.74, 6) is 1.33. The third-order valence-corrected chi connectivity index (χ3v) is 4.08. The zero-order valence-corrected chi connectivity index (χ0v) is 13.1. The highest BCUT2D eigenvalue weighted by atomic mass is 79.9. The predicted octanol–water partition coefficient (Wildman–Crippen LogP) is 2.54. The minimum absolute atomic E-state index is 0.148. The Bertz CT molecular complexity index is 435. The summed E-state index contributed by atoms with van der Waals surface area (Å²) in [5.41, 5.74) is 0. The number of nitrogens with zero attached hydrogens (tertiary/aromatic N) is 3. The number of likely N-dealkylation sites (tertiary alicyclic amines) is 1. The van der Waals surface area contributed by atoms with E-state index in [1.807, 2.05) is 12.1 Å². The Labute approximate surface area is 122 Å². The molecule has 5 heteroatoms. The van der Waals surface area contributed by atoms with Crippen LogP contribution in [-0.4, -0.2) is 43.0 Å². The summed E-state index contributed by atoms with van der Waals surface area (Å²) in [6.45, 7) is 2.17. The summed E-state index contributed by atoms with van der Waals surface area (Å²) in [7, 11) is 3.92. The zero-order chi connectivity index (χ0) is 13.8. The Morgan fingerprint density at radius 1 is 1.58 bits per heavy atom. The van der Waals surface area contributed by atoms with Crippen molar-refractivity contribution >= 4 is 27.7 Å². The summed E-state index contributed by atoms with van der Waals surface area (Å²) in [6.07, 6.45) is 4.67. The first kappa shape index (κ1) is 14.5. The van der Waals surface area contributed by atoms with Crippen LogP contribution in [0.2, 0.25) is 0 Å². The van der Waals surface area contributed by atoms with Crippen molar-refractivity contribution in [2.75, 3.05) is 32.1 Å². The highest BCUT2D eigenvalue weighted by Crippen LogP contribution is 2.21. The van der Waals surface area contributed by atoms with Gasteiger partial charge in [0.2, 0.25) is 5.91 Å². The number of carbonyl (C=O) groups is 1. The van der Waals surface area contributed by atoms with Gasteiger partial charge in [-0.2, -0.15) is 0 Å². The number of piperidine rings is 1. The predicted molar refractivity (Wildman–Crippen MR) is 80.2 cm³/mol. The third-order valence-electron chi connectivity index (χ3n) is 3.61. The Kier molecular flexibility index (Phi) is 4.93. The van der Waals surface area contributed by atoms with Crippen LogP contribution in [0.3, 0.4) is 0 Å². The van der Waals surface area contributed by atoms with Crippen LogP contribution in [0, 0.1) is 5.92 Å². The molecule has 0 N–H and O–H groups in total. The number of carbonyl (C=O) groups excluding carboxylic acids is 1. The summed E-state index contributed by atoms with van der Waals surface area (Å²) in [6, 6.07) is 3.76. The van der Waals surface area contributed by atoms with E-state index in [2.05, 4.69) is 32.9 Å². The number of hydrogen-bond acceptors (Lipinski definition) is 3. The Morgan fingerprint density at radius 2 is 2.37 bits per heavy atom. The molecule has 0 spiro atoms. The molecule has 1 atom stereocenters. The molecule has 1 amide bonds. The smallest absolute Gasteiger partial charge is 0.228 e. The van der Waals surface area contributed by atoms with Gasteiger partial charge < -0.3 is 4.90 Å². The average molecular weight is 326 g/mol. The Morgan fingerprint density at radius 3 is 3.00 bits per heavy atom. The van der Waals surface area contributed by atoms with Gasteiger partial charge in [-0.15, -0.1) is 0 Å². The van der Waals surface area contributed by atoms with Crippen molar-refractivity contribution in [3.05, 3.63) is 22.8 Å². The molecule has 0 bridgehead atoms. The van der Waals surface area contributed by atoms with Gasteiger partial charge in [0.15, 0.2) is 0 Å². The van der Waals surface area contributed by atoms with Gasteiger partial charge in [-0.05, 0) is 60.4 Å². The monoisotopic (exact) mass is 325 g/mol. The molecule has 19 heavy (non-hydrogen) atoms. The van der Waals surface area contributed by atoms with E-state index in [1.165, 1.54) is 6.42 Å². The van der Waals surface area contributed by atoms with E-state index >= 15 is 0 Å². The second kappa shape index (κ2) is 6.48. The summed E-state index contributed by atoms with van der Waals surface area (Å²) < 4.78 is 0.922. The number of amides is 1. The summed E-state index contributed by atoms with van der Waals surface area (Å²) in [4.78, 5) is 20.5. The molecule has 4 nitrogen and oxygen atoms in total. The summed E-state index contributed by atoms with van der Waals surface area (Å²) in [5, 5.41) is 0. The van der Waals surface area contributed by atoms with E-state index in [9.17, 15) is 4.79 Å². The average Bonchev–Trinajstić information content (AvgIpc) is 2.39. The second-order valence-corrected chi connectivity index (χ2v) is 6.18. The lowest BCUT2D eigenvalue weighted by Crippen LogP contribution is -2.36. The molecule has 1 aromatic rings. The Balaban J connectivity index is 1.93. The minimum atomic E-state index is 0.148. The molecule has 1 fully saturated rings. The van der Waals surface area contributed by atoms with Crippen molar-refractivity contribution in [2.45, 2.75) is 19.3 Å². The molecule has 1 aliphatic rings. The number of aromatic nitrogens is 1.